The molecule has 0 radical (unpaired) electrons. The quantitative estimate of drug-likeness (QED) is 0.723. The van der Waals surface area contributed by atoms with Gasteiger partial charge < -0.3 is 0 Å². The second-order valence-corrected chi connectivity index (χ2v) is 3.65. The third-order valence-corrected chi connectivity index (χ3v) is 2.28. The zero-order chi connectivity index (χ0) is 9.84. The molecule has 0 unspecified atom stereocenters. The van der Waals surface area contributed by atoms with Gasteiger partial charge >= 0.3 is 0 Å². The van der Waals surface area contributed by atoms with E-state index >= 15 is 0 Å². The van der Waals surface area contributed by atoms with Gasteiger partial charge in [0.25, 0.3) is 0 Å². The second kappa shape index (κ2) is 4.40. The van der Waals surface area contributed by atoms with Crippen LogP contribution in [0, 0.1) is 6.92 Å². The summed E-state index contributed by atoms with van der Waals surface area (Å²) in [7, 11) is 0. The van der Waals surface area contributed by atoms with Crippen molar-refractivity contribution in [2.75, 3.05) is 0 Å². The second-order valence-electron chi connectivity index (χ2n) is 3.65. The minimum Gasteiger partial charge on any atom is -0.300 e. The molecule has 0 atom stereocenters. The van der Waals surface area contributed by atoms with Gasteiger partial charge in [0.1, 0.15) is 0 Å². The first-order valence-corrected chi connectivity index (χ1v) is 4.56. The predicted molar refractivity (Wildman–Crippen MR) is 54.2 cm³/mol. The van der Waals surface area contributed by atoms with Gasteiger partial charge in [-0.15, -0.1) is 0 Å². The Morgan fingerprint density at radius 2 is 2.08 bits per heavy atom. The maximum absolute atomic E-state index is 5.06. The first-order valence-electron chi connectivity index (χ1n) is 4.56. The SMILES string of the molecule is Cc1ccc(C(C)C)cc1CON. The van der Waals surface area contributed by atoms with Crippen molar-refractivity contribution in [2.24, 2.45) is 5.90 Å². The van der Waals surface area contributed by atoms with Crippen molar-refractivity contribution in [3.8, 4) is 0 Å². The highest BCUT2D eigenvalue weighted by Gasteiger charge is 2.03. The van der Waals surface area contributed by atoms with E-state index in [1.807, 2.05) is 0 Å². The molecule has 0 aliphatic heterocycles. The van der Waals surface area contributed by atoms with Crippen LogP contribution in [0.3, 0.4) is 0 Å². The van der Waals surface area contributed by atoms with Gasteiger partial charge in [-0.2, -0.15) is 0 Å². The van der Waals surface area contributed by atoms with E-state index in [2.05, 4.69) is 43.8 Å². The maximum atomic E-state index is 5.06. The number of rotatable bonds is 3. The topological polar surface area (TPSA) is 35.2 Å². The average molecular weight is 179 g/mol. The summed E-state index contributed by atoms with van der Waals surface area (Å²) in [6.07, 6.45) is 0. The van der Waals surface area contributed by atoms with E-state index in [9.17, 15) is 0 Å². The van der Waals surface area contributed by atoms with Gasteiger partial charge in [0.2, 0.25) is 0 Å². The van der Waals surface area contributed by atoms with Crippen LogP contribution in [0.25, 0.3) is 0 Å². The molecule has 1 aromatic rings. The molecule has 0 fully saturated rings. The van der Waals surface area contributed by atoms with Gasteiger partial charge in [0.05, 0.1) is 6.61 Å². The third kappa shape index (κ3) is 2.54. The summed E-state index contributed by atoms with van der Waals surface area (Å²) >= 11 is 0. The third-order valence-electron chi connectivity index (χ3n) is 2.28. The van der Waals surface area contributed by atoms with E-state index in [4.69, 9.17) is 5.90 Å². The summed E-state index contributed by atoms with van der Waals surface area (Å²) in [5.74, 6) is 5.61. The van der Waals surface area contributed by atoms with Crippen LogP contribution in [0.2, 0.25) is 0 Å². The Bertz CT molecular complexity index is 281. The summed E-state index contributed by atoms with van der Waals surface area (Å²) in [5.41, 5.74) is 3.74. The van der Waals surface area contributed by atoms with Crippen LogP contribution in [-0.2, 0) is 11.4 Å². The fourth-order valence-corrected chi connectivity index (χ4v) is 1.30. The number of hydrogen-bond acceptors (Lipinski definition) is 2. The lowest BCUT2D eigenvalue weighted by Gasteiger charge is -2.10. The molecule has 0 aliphatic carbocycles. The predicted octanol–water partition coefficient (Wildman–Crippen LogP) is 2.51. The largest absolute Gasteiger partial charge is 0.300 e. The van der Waals surface area contributed by atoms with Crippen LogP contribution in [0.5, 0.6) is 0 Å². The number of hydrogen-bond donors (Lipinski definition) is 1. The number of aryl methyl sites for hydroxylation is 1. The van der Waals surface area contributed by atoms with Crippen molar-refractivity contribution < 1.29 is 4.84 Å². The summed E-state index contributed by atoms with van der Waals surface area (Å²) in [4.78, 5) is 4.64. The monoisotopic (exact) mass is 179 g/mol. The van der Waals surface area contributed by atoms with Crippen molar-refractivity contribution >= 4 is 0 Å². The van der Waals surface area contributed by atoms with Crippen molar-refractivity contribution in [2.45, 2.75) is 33.3 Å². The first-order chi connectivity index (χ1) is 6.15. The first kappa shape index (κ1) is 10.2. The van der Waals surface area contributed by atoms with E-state index in [0.29, 0.717) is 12.5 Å². The molecule has 2 nitrogen and oxygen atoms in total. The molecule has 72 valence electrons. The number of nitrogens with two attached hydrogens (primary N) is 1. The summed E-state index contributed by atoms with van der Waals surface area (Å²) < 4.78 is 0. The molecular weight excluding hydrogens is 162 g/mol. The van der Waals surface area contributed by atoms with Gasteiger partial charge in [-0.3, -0.25) is 4.84 Å². The lowest BCUT2D eigenvalue weighted by atomic mass is 9.98. The van der Waals surface area contributed by atoms with Crippen LogP contribution >= 0.6 is 0 Å². The molecule has 0 heterocycles. The zero-order valence-corrected chi connectivity index (χ0v) is 8.50. The molecule has 0 aromatic heterocycles. The van der Waals surface area contributed by atoms with Crippen LogP contribution in [0.1, 0.15) is 36.5 Å². The van der Waals surface area contributed by atoms with Crippen molar-refractivity contribution in [3.05, 3.63) is 34.9 Å². The molecule has 2 N–H and O–H groups in total. The normalized spacial score (nSPS) is 10.8. The molecule has 0 bridgehead atoms. The van der Waals surface area contributed by atoms with Crippen molar-refractivity contribution in [3.63, 3.8) is 0 Å². The highest BCUT2D eigenvalue weighted by atomic mass is 16.6. The van der Waals surface area contributed by atoms with Crippen LogP contribution in [0.15, 0.2) is 18.2 Å². The van der Waals surface area contributed by atoms with Crippen molar-refractivity contribution in [1.29, 1.82) is 0 Å². The Balaban J connectivity index is 2.97. The van der Waals surface area contributed by atoms with E-state index in [1.165, 1.54) is 16.7 Å². The standard InChI is InChI=1S/C11H17NO/c1-8(2)10-5-4-9(3)11(6-10)7-13-12/h4-6,8H,7,12H2,1-3H3. The minimum atomic E-state index is 0.492. The number of benzene rings is 1. The lowest BCUT2D eigenvalue weighted by molar-refractivity contribution is 0.123. The van der Waals surface area contributed by atoms with Gasteiger partial charge in [0.15, 0.2) is 0 Å². The Hall–Kier alpha value is -0.860. The molecule has 1 aromatic carbocycles. The summed E-state index contributed by atoms with van der Waals surface area (Å²) in [6.45, 7) is 6.92. The lowest BCUT2D eigenvalue weighted by Crippen LogP contribution is -2.01. The van der Waals surface area contributed by atoms with Gasteiger partial charge in [-0.25, -0.2) is 5.90 Å². The summed E-state index contributed by atoms with van der Waals surface area (Å²) in [6, 6.07) is 6.43. The van der Waals surface area contributed by atoms with Gasteiger partial charge in [-0.05, 0) is 29.5 Å². The molecule has 0 saturated carbocycles. The Kier molecular flexibility index (Phi) is 3.46. The van der Waals surface area contributed by atoms with Gasteiger partial charge in [-0.1, -0.05) is 32.0 Å². The van der Waals surface area contributed by atoms with Crippen LogP contribution < -0.4 is 5.90 Å². The Morgan fingerprint density at radius 1 is 1.38 bits per heavy atom. The molecule has 0 aliphatic rings. The molecular formula is C11H17NO. The Morgan fingerprint density at radius 3 is 2.62 bits per heavy atom. The fraction of sp³-hybridized carbons (Fsp3) is 0.455. The van der Waals surface area contributed by atoms with E-state index in [1.54, 1.807) is 0 Å². The van der Waals surface area contributed by atoms with E-state index in [0.717, 1.165) is 0 Å². The van der Waals surface area contributed by atoms with Crippen molar-refractivity contribution in [1.82, 2.24) is 0 Å². The van der Waals surface area contributed by atoms with Crippen LogP contribution in [-0.4, -0.2) is 0 Å². The molecule has 0 saturated heterocycles. The van der Waals surface area contributed by atoms with Gasteiger partial charge in [0, 0.05) is 0 Å². The minimum absolute atomic E-state index is 0.492. The van der Waals surface area contributed by atoms with Crippen LogP contribution in [0.4, 0.5) is 0 Å². The molecule has 2 heteroatoms. The molecule has 1 rings (SSSR count). The summed E-state index contributed by atoms with van der Waals surface area (Å²) in [5, 5.41) is 0. The fourth-order valence-electron chi connectivity index (χ4n) is 1.30. The van der Waals surface area contributed by atoms with E-state index in [-0.39, 0.29) is 0 Å². The average Bonchev–Trinajstić information content (AvgIpc) is 2.08. The highest BCUT2D eigenvalue weighted by Crippen LogP contribution is 2.18. The zero-order valence-electron chi connectivity index (χ0n) is 8.50. The molecule has 0 spiro atoms. The highest BCUT2D eigenvalue weighted by molar-refractivity contribution is 5.32. The molecule has 0 amide bonds. The smallest absolute Gasteiger partial charge is 0.0932 e. The Labute approximate surface area is 79.7 Å². The molecule has 13 heavy (non-hydrogen) atoms. The van der Waals surface area contributed by atoms with E-state index < -0.39 is 0 Å². The maximum Gasteiger partial charge on any atom is 0.0932 e.